The summed E-state index contributed by atoms with van der Waals surface area (Å²) >= 11 is 1.57. The van der Waals surface area contributed by atoms with Crippen molar-refractivity contribution in [2.24, 2.45) is 7.05 Å². The molecule has 0 atom stereocenters. The Kier molecular flexibility index (Phi) is 4.01. The number of methoxy groups -OCH3 is 1. The first-order valence-electron chi connectivity index (χ1n) is 8.12. The van der Waals surface area contributed by atoms with Crippen LogP contribution < -0.4 is 10.1 Å². The largest absolute Gasteiger partial charge is 0.497 e. The first-order chi connectivity index (χ1) is 12.1. The molecule has 2 aromatic heterocycles. The Labute approximate surface area is 149 Å². The third-order valence-corrected chi connectivity index (χ3v) is 5.39. The summed E-state index contributed by atoms with van der Waals surface area (Å²) < 4.78 is 6.76. The third-order valence-electron chi connectivity index (χ3n) is 4.31. The van der Waals surface area contributed by atoms with Gasteiger partial charge < -0.3 is 4.74 Å². The lowest BCUT2D eigenvalue weighted by molar-refractivity contribution is 0.101. The summed E-state index contributed by atoms with van der Waals surface area (Å²) in [7, 11) is 3.40. The van der Waals surface area contributed by atoms with Gasteiger partial charge in [0, 0.05) is 17.5 Å². The van der Waals surface area contributed by atoms with E-state index in [1.54, 1.807) is 36.2 Å². The second-order valence-corrected chi connectivity index (χ2v) is 7.05. The Morgan fingerprint density at radius 1 is 1.28 bits per heavy atom. The molecule has 7 heteroatoms. The number of anilines is 1. The molecule has 25 heavy (non-hydrogen) atoms. The van der Waals surface area contributed by atoms with E-state index in [0.29, 0.717) is 10.8 Å². The van der Waals surface area contributed by atoms with Gasteiger partial charge in [0.05, 0.1) is 18.5 Å². The van der Waals surface area contributed by atoms with E-state index in [2.05, 4.69) is 15.4 Å². The lowest BCUT2D eigenvalue weighted by Gasteiger charge is -2.01. The standard InChI is InChI=1S/C18H18N4O2S/c1-22-15(10-14(21-22)11-6-8-12(24-2)9-7-11)17(23)20-18-19-13-4-3-5-16(13)25-18/h6-10H,3-5H2,1-2H3,(H,19,20,23). The van der Waals surface area contributed by atoms with Gasteiger partial charge in [-0.25, -0.2) is 4.98 Å². The summed E-state index contributed by atoms with van der Waals surface area (Å²) in [6.07, 6.45) is 3.24. The van der Waals surface area contributed by atoms with Crippen molar-refractivity contribution in [1.82, 2.24) is 14.8 Å². The predicted molar refractivity (Wildman–Crippen MR) is 97.3 cm³/mol. The van der Waals surface area contributed by atoms with Gasteiger partial charge in [0.2, 0.25) is 0 Å². The molecular formula is C18H18N4O2S. The summed E-state index contributed by atoms with van der Waals surface area (Å²) in [5, 5.41) is 8.01. The monoisotopic (exact) mass is 354 g/mol. The maximum absolute atomic E-state index is 12.6. The van der Waals surface area contributed by atoms with Crippen molar-refractivity contribution in [1.29, 1.82) is 0 Å². The lowest BCUT2D eigenvalue weighted by atomic mass is 10.1. The molecule has 0 spiro atoms. The molecule has 1 aromatic carbocycles. The first-order valence-corrected chi connectivity index (χ1v) is 8.94. The highest BCUT2D eigenvalue weighted by Gasteiger charge is 2.20. The minimum absolute atomic E-state index is 0.192. The molecular weight excluding hydrogens is 336 g/mol. The highest BCUT2D eigenvalue weighted by atomic mass is 32.1. The molecule has 128 valence electrons. The van der Waals surface area contributed by atoms with Gasteiger partial charge in [0.1, 0.15) is 11.4 Å². The number of hydrogen-bond acceptors (Lipinski definition) is 5. The molecule has 6 nitrogen and oxygen atoms in total. The summed E-state index contributed by atoms with van der Waals surface area (Å²) in [5.74, 6) is 0.594. The summed E-state index contributed by atoms with van der Waals surface area (Å²) in [6.45, 7) is 0. The van der Waals surface area contributed by atoms with Crippen LogP contribution in [-0.2, 0) is 19.9 Å². The van der Waals surface area contributed by atoms with Gasteiger partial charge in [0.15, 0.2) is 5.13 Å². The maximum atomic E-state index is 12.6. The molecule has 4 rings (SSSR count). The topological polar surface area (TPSA) is 69.0 Å². The van der Waals surface area contributed by atoms with E-state index in [1.165, 1.54) is 4.88 Å². The zero-order valence-electron chi connectivity index (χ0n) is 14.1. The Morgan fingerprint density at radius 3 is 2.80 bits per heavy atom. The van der Waals surface area contributed by atoms with E-state index in [-0.39, 0.29) is 5.91 Å². The molecule has 2 heterocycles. The normalized spacial score (nSPS) is 12.9. The van der Waals surface area contributed by atoms with E-state index in [1.807, 2.05) is 24.3 Å². The number of rotatable bonds is 4. The number of fused-ring (bicyclic) bond motifs is 1. The fourth-order valence-corrected chi connectivity index (χ4v) is 4.03. The molecule has 1 amide bonds. The molecule has 0 saturated carbocycles. The van der Waals surface area contributed by atoms with Crippen molar-refractivity contribution in [2.75, 3.05) is 12.4 Å². The van der Waals surface area contributed by atoms with Crippen LogP contribution in [0.15, 0.2) is 30.3 Å². The number of ether oxygens (including phenoxy) is 1. The number of carbonyl (C=O) groups is 1. The maximum Gasteiger partial charge on any atom is 0.275 e. The Hall–Kier alpha value is -2.67. The van der Waals surface area contributed by atoms with Gasteiger partial charge in [-0.15, -0.1) is 11.3 Å². The minimum Gasteiger partial charge on any atom is -0.497 e. The number of aryl methyl sites for hydroxylation is 3. The van der Waals surface area contributed by atoms with Crippen LogP contribution >= 0.6 is 11.3 Å². The van der Waals surface area contributed by atoms with E-state index in [0.717, 1.165) is 42.0 Å². The first kappa shape index (κ1) is 15.8. The van der Waals surface area contributed by atoms with Crippen LogP contribution in [0.25, 0.3) is 11.3 Å². The average Bonchev–Trinajstić information content (AvgIpc) is 3.29. The van der Waals surface area contributed by atoms with Crippen molar-refractivity contribution in [3.8, 4) is 17.0 Å². The quantitative estimate of drug-likeness (QED) is 0.780. The smallest absolute Gasteiger partial charge is 0.275 e. The highest BCUT2D eigenvalue weighted by Crippen LogP contribution is 2.30. The molecule has 0 aliphatic heterocycles. The number of nitrogens with one attached hydrogen (secondary N) is 1. The van der Waals surface area contributed by atoms with E-state index in [9.17, 15) is 4.79 Å². The van der Waals surface area contributed by atoms with Gasteiger partial charge >= 0.3 is 0 Å². The van der Waals surface area contributed by atoms with Crippen molar-refractivity contribution < 1.29 is 9.53 Å². The summed E-state index contributed by atoms with van der Waals surface area (Å²) in [6, 6.07) is 9.39. The number of benzene rings is 1. The van der Waals surface area contributed by atoms with Crippen LogP contribution in [0, 0.1) is 0 Å². The van der Waals surface area contributed by atoms with Crippen molar-refractivity contribution in [3.05, 3.63) is 46.6 Å². The van der Waals surface area contributed by atoms with Gasteiger partial charge in [-0.2, -0.15) is 5.10 Å². The van der Waals surface area contributed by atoms with Gasteiger partial charge in [-0.3, -0.25) is 14.8 Å². The molecule has 1 N–H and O–H groups in total. The fourth-order valence-electron chi connectivity index (χ4n) is 2.99. The molecule has 3 aromatic rings. The average molecular weight is 354 g/mol. The van der Waals surface area contributed by atoms with Gasteiger partial charge in [0.25, 0.3) is 5.91 Å². The number of carbonyl (C=O) groups excluding carboxylic acids is 1. The number of nitrogens with zero attached hydrogens (tertiary/aromatic N) is 3. The van der Waals surface area contributed by atoms with Crippen LogP contribution in [0.2, 0.25) is 0 Å². The van der Waals surface area contributed by atoms with Crippen molar-refractivity contribution in [3.63, 3.8) is 0 Å². The van der Waals surface area contributed by atoms with Crippen molar-refractivity contribution in [2.45, 2.75) is 19.3 Å². The minimum atomic E-state index is -0.192. The van der Waals surface area contributed by atoms with Crippen LogP contribution in [0.1, 0.15) is 27.5 Å². The van der Waals surface area contributed by atoms with Crippen LogP contribution in [-0.4, -0.2) is 27.8 Å². The molecule has 0 fully saturated rings. The number of amides is 1. The highest BCUT2D eigenvalue weighted by molar-refractivity contribution is 7.15. The van der Waals surface area contributed by atoms with Crippen LogP contribution in [0.5, 0.6) is 5.75 Å². The van der Waals surface area contributed by atoms with Gasteiger partial charge in [-0.1, -0.05) is 0 Å². The van der Waals surface area contributed by atoms with Gasteiger partial charge in [-0.05, 0) is 49.6 Å². The lowest BCUT2D eigenvalue weighted by Crippen LogP contribution is -2.15. The molecule has 0 bridgehead atoms. The molecule has 0 unspecified atom stereocenters. The van der Waals surface area contributed by atoms with Crippen LogP contribution in [0.3, 0.4) is 0 Å². The molecule has 1 aliphatic carbocycles. The van der Waals surface area contributed by atoms with Crippen molar-refractivity contribution >= 4 is 22.4 Å². The summed E-state index contributed by atoms with van der Waals surface area (Å²) in [4.78, 5) is 18.4. The Morgan fingerprint density at radius 2 is 2.08 bits per heavy atom. The zero-order valence-corrected chi connectivity index (χ0v) is 14.9. The fraction of sp³-hybridized carbons (Fsp3) is 0.278. The number of aromatic nitrogens is 3. The molecule has 1 aliphatic rings. The second-order valence-electron chi connectivity index (χ2n) is 5.96. The zero-order chi connectivity index (χ0) is 17.4. The Balaban J connectivity index is 1.55. The van der Waals surface area contributed by atoms with E-state index >= 15 is 0 Å². The summed E-state index contributed by atoms with van der Waals surface area (Å²) in [5.41, 5.74) is 3.31. The van der Waals surface area contributed by atoms with Crippen LogP contribution in [0.4, 0.5) is 5.13 Å². The third kappa shape index (κ3) is 3.02. The molecule has 0 radical (unpaired) electrons. The Bertz CT molecular complexity index is 906. The SMILES string of the molecule is COc1ccc(-c2cc(C(=O)Nc3nc4c(s3)CCC4)n(C)n2)cc1. The van der Waals surface area contributed by atoms with E-state index in [4.69, 9.17) is 4.74 Å². The number of thiazole rings is 1. The molecule has 0 saturated heterocycles. The predicted octanol–water partition coefficient (Wildman–Crippen LogP) is 3.29. The number of hydrogen-bond donors (Lipinski definition) is 1. The van der Waals surface area contributed by atoms with E-state index < -0.39 is 0 Å². The second kappa shape index (κ2) is 6.33.